The van der Waals surface area contributed by atoms with Gasteiger partial charge in [-0.05, 0) is 55.0 Å². The molecule has 0 amide bonds. The van der Waals surface area contributed by atoms with E-state index in [-0.39, 0.29) is 18.8 Å². The predicted molar refractivity (Wildman–Crippen MR) is 157 cm³/mol. The highest BCUT2D eigenvalue weighted by Gasteiger charge is 2.38. The molecule has 0 saturated carbocycles. The van der Waals surface area contributed by atoms with Crippen LogP contribution in [0.2, 0.25) is 0 Å². The number of rotatable bonds is 11. The van der Waals surface area contributed by atoms with Crippen molar-refractivity contribution in [3.63, 3.8) is 0 Å². The molecule has 1 aliphatic rings. The minimum absolute atomic E-state index is 0.0359. The fourth-order valence-electron chi connectivity index (χ4n) is 4.77. The van der Waals surface area contributed by atoms with E-state index in [1.54, 1.807) is 42.1 Å². The van der Waals surface area contributed by atoms with Crippen LogP contribution in [0.15, 0.2) is 70.5 Å². The van der Waals surface area contributed by atoms with Crippen molar-refractivity contribution in [3.8, 4) is 11.5 Å². The van der Waals surface area contributed by atoms with Gasteiger partial charge >= 0.3 is 5.69 Å². The van der Waals surface area contributed by atoms with Gasteiger partial charge in [0, 0.05) is 29.8 Å². The predicted octanol–water partition coefficient (Wildman–Crippen LogP) is 3.12. The van der Waals surface area contributed by atoms with E-state index in [0.717, 1.165) is 12.1 Å². The number of benzene rings is 2. The number of carbonyl (C=O) groups excluding carboxylic acids is 1. The summed E-state index contributed by atoms with van der Waals surface area (Å²) in [5.41, 5.74) is 0.472. The van der Waals surface area contributed by atoms with Crippen molar-refractivity contribution in [1.29, 1.82) is 0 Å². The molecule has 4 aromatic rings. The summed E-state index contributed by atoms with van der Waals surface area (Å²) in [4.78, 5) is 38.6. The number of aromatic amines is 1. The van der Waals surface area contributed by atoms with Gasteiger partial charge in [-0.15, -0.1) is 5.10 Å². The average Bonchev–Trinajstić information content (AvgIpc) is 3.67. The van der Waals surface area contributed by atoms with Crippen LogP contribution >= 0.6 is 0 Å². The topological polar surface area (TPSA) is 151 Å². The number of aromatic nitrogens is 5. The summed E-state index contributed by atoms with van der Waals surface area (Å²) in [6, 6.07) is 7.70. The zero-order valence-electron chi connectivity index (χ0n) is 24.2. The first-order chi connectivity index (χ1) is 21.6. The first-order valence-electron chi connectivity index (χ1n) is 13.8. The van der Waals surface area contributed by atoms with E-state index in [9.17, 15) is 28.3 Å². The molecule has 5 rings (SSSR count). The highest BCUT2D eigenvalue weighted by atomic mass is 19.1. The summed E-state index contributed by atoms with van der Waals surface area (Å²) < 4.78 is 46.9. The summed E-state index contributed by atoms with van der Waals surface area (Å²) in [6.45, 7) is 1.29. The third kappa shape index (κ3) is 7.30. The molecule has 1 saturated heterocycles. The van der Waals surface area contributed by atoms with E-state index in [2.05, 4.69) is 15.3 Å². The van der Waals surface area contributed by atoms with Crippen molar-refractivity contribution in [2.24, 2.45) is 0 Å². The second kappa shape index (κ2) is 13.6. The Balaban J connectivity index is 1.21. The molecule has 1 aliphatic heterocycles. The van der Waals surface area contributed by atoms with Crippen molar-refractivity contribution >= 4 is 17.9 Å². The molecular formula is C31H29F2N5O7. The van der Waals surface area contributed by atoms with Crippen LogP contribution in [0.4, 0.5) is 8.78 Å². The fourth-order valence-corrected chi connectivity index (χ4v) is 4.77. The van der Waals surface area contributed by atoms with E-state index in [0.29, 0.717) is 34.7 Å². The van der Waals surface area contributed by atoms with E-state index in [1.165, 1.54) is 42.2 Å². The lowest BCUT2D eigenvalue weighted by Gasteiger charge is -2.15. The summed E-state index contributed by atoms with van der Waals surface area (Å²) >= 11 is 0. The van der Waals surface area contributed by atoms with Crippen LogP contribution in [0.3, 0.4) is 0 Å². The molecule has 0 radical (unpaired) electrons. The van der Waals surface area contributed by atoms with Gasteiger partial charge in [0.1, 0.15) is 36.3 Å². The van der Waals surface area contributed by atoms with E-state index < -0.39 is 47.0 Å². The lowest BCUT2D eigenvalue weighted by Crippen LogP contribution is -2.33. The number of carbonyl (C=O) groups is 1. The summed E-state index contributed by atoms with van der Waals surface area (Å²) in [6.07, 6.45) is 7.29. The second-order valence-corrected chi connectivity index (χ2v) is 10.2. The number of hydrogen-bond acceptors (Lipinski definition) is 9. The van der Waals surface area contributed by atoms with Gasteiger partial charge in [-0.3, -0.25) is 19.1 Å². The maximum Gasteiger partial charge on any atom is 0.330 e. The van der Waals surface area contributed by atoms with Gasteiger partial charge in [-0.2, -0.15) is 0 Å². The lowest BCUT2D eigenvalue weighted by atomic mass is 10.1. The summed E-state index contributed by atoms with van der Waals surface area (Å²) in [7, 11) is 1.47. The number of H-pyrrole nitrogens is 1. The quantitative estimate of drug-likeness (QED) is 0.241. The van der Waals surface area contributed by atoms with Gasteiger partial charge in [-0.1, -0.05) is 17.4 Å². The molecule has 45 heavy (non-hydrogen) atoms. The molecule has 234 valence electrons. The Kier molecular flexibility index (Phi) is 9.45. The molecule has 3 heterocycles. The molecule has 2 aromatic carbocycles. The number of aliphatic hydroxyl groups excluding tert-OH is 1. The van der Waals surface area contributed by atoms with Gasteiger partial charge in [-0.25, -0.2) is 18.3 Å². The standard InChI is InChI=1S/C31H29F2N5O7/c1-18-14-37(31(42)34-30(18)41)29-13-25(28(16-39)45-29)38-15-22(35-36-38)17-44-26-10-4-19(11-27(26)43-2)3-8-23(40)9-6-20-5-7-21(32)12-24(20)33/h3-12,14-15,25,28-29,39H,13,16-17H2,1-2H3,(H,34,41,42)/b8-3+,9-6+/t25-,28+,29+/m0/s1. The van der Waals surface area contributed by atoms with Crippen LogP contribution < -0.4 is 20.7 Å². The molecule has 0 spiro atoms. The van der Waals surface area contributed by atoms with Gasteiger partial charge in [0.25, 0.3) is 5.56 Å². The molecule has 0 aliphatic carbocycles. The third-order valence-electron chi connectivity index (χ3n) is 7.13. The number of aryl methyl sites for hydroxylation is 1. The molecule has 1 fully saturated rings. The zero-order chi connectivity index (χ0) is 32.1. The number of nitrogens with zero attached hydrogens (tertiary/aromatic N) is 4. The van der Waals surface area contributed by atoms with Gasteiger partial charge in [0.15, 0.2) is 17.3 Å². The zero-order valence-corrected chi connectivity index (χ0v) is 24.2. The molecule has 0 bridgehead atoms. The SMILES string of the molecule is COc1cc(/C=C/C(=O)/C=C/c2ccc(F)cc2F)ccc1OCc1cn([C@H]2C[C@H](n3cc(C)c(=O)[nH]c3=O)O[C@@H]2CO)nn1. The Morgan fingerprint density at radius 1 is 1.13 bits per heavy atom. The van der Waals surface area contributed by atoms with E-state index in [1.807, 2.05) is 0 Å². The number of aliphatic hydroxyl groups is 1. The maximum atomic E-state index is 13.8. The Labute approximate surface area is 254 Å². The number of ether oxygens (including phenoxy) is 3. The van der Waals surface area contributed by atoms with E-state index in [4.69, 9.17) is 14.2 Å². The largest absolute Gasteiger partial charge is 0.493 e. The number of nitrogens with one attached hydrogen (secondary N) is 1. The molecule has 2 aromatic heterocycles. The number of hydrogen-bond donors (Lipinski definition) is 2. The molecule has 12 nitrogen and oxygen atoms in total. The Bertz CT molecular complexity index is 1880. The van der Waals surface area contributed by atoms with Gasteiger partial charge in [0.05, 0.1) is 26.0 Å². The van der Waals surface area contributed by atoms with Gasteiger partial charge < -0.3 is 19.3 Å². The van der Waals surface area contributed by atoms with Crippen LogP contribution in [0.1, 0.15) is 41.1 Å². The van der Waals surface area contributed by atoms with Crippen LogP contribution in [0.5, 0.6) is 11.5 Å². The summed E-state index contributed by atoms with van der Waals surface area (Å²) in [5.74, 6) is -1.06. The van der Waals surface area contributed by atoms with Crippen molar-refractivity contribution in [1.82, 2.24) is 24.5 Å². The highest BCUT2D eigenvalue weighted by Crippen LogP contribution is 2.36. The Hall–Kier alpha value is -5.21. The molecule has 0 unspecified atom stereocenters. The number of ketones is 1. The third-order valence-corrected chi connectivity index (χ3v) is 7.13. The van der Waals surface area contributed by atoms with Crippen molar-refractivity contribution in [3.05, 3.63) is 116 Å². The second-order valence-electron chi connectivity index (χ2n) is 10.2. The smallest absolute Gasteiger partial charge is 0.330 e. The molecule has 2 N–H and O–H groups in total. The van der Waals surface area contributed by atoms with Crippen molar-refractivity contribution in [2.75, 3.05) is 13.7 Å². The lowest BCUT2D eigenvalue weighted by molar-refractivity contribution is -0.110. The number of allylic oxidation sites excluding steroid dienone is 2. The van der Waals surface area contributed by atoms with Crippen LogP contribution in [-0.2, 0) is 16.1 Å². The number of halogens is 2. The normalized spacial score (nSPS) is 18.2. The summed E-state index contributed by atoms with van der Waals surface area (Å²) in [5, 5.41) is 18.2. The Morgan fingerprint density at radius 2 is 1.93 bits per heavy atom. The van der Waals surface area contributed by atoms with Crippen LogP contribution in [0.25, 0.3) is 12.2 Å². The molecule has 3 atom stereocenters. The number of methoxy groups -OCH3 is 1. The monoisotopic (exact) mass is 621 g/mol. The minimum atomic E-state index is -0.767. The van der Waals surface area contributed by atoms with Gasteiger partial charge in [0.2, 0.25) is 0 Å². The highest BCUT2D eigenvalue weighted by molar-refractivity contribution is 6.04. The van der Waals surface area contributed by atoms with E-state index >= 15 is 0 Å². The Morgan fingerprint density at radius 3 is 2.69 bits per heavy atom. The molecule has 14 heteroatoms. The van der Waals surface area contributed by atoms with Crippen LogP contribution in [0, 0.1) is 18.6 Å². The van der Waals surface area contributed by atoms with Crippen LogP contribution in [-0.4, -0.2) is 55.3 Å². The first kappa shape index (κ1) is 31.2. The fraction of sp³-hybridized carbons (Fsp3) is 0.258. The van der Waals surface area contributed by atoms with Crippen molar-refractivity contribution < 1.29 is 32.9 Å². The minimum Gasteiger partial charge on any atom is -0.493 e. The maximum absolute atomic E-state index is 13.8. The molecular weight excluding hydrogens is 592 g/mol. The average molecular weight is 622 g/mol. The van der Waals surface area contributed by atoms with Crippen molar-refractivity contribution in [2.45, 2.75) is 38.3 Å². The first-order valence-corrected chi connectivity index (χ1v) is 13.8.